The highest BCUT2D eigenvalue weighted by molar-refractivity contribution is 5.94. The molecule has 4 N–H and O–H groups in total. The van der Waals surface area contributed by atoms with E-state index in [-0.39, 0.29) is 11.8 Å². The summed E-state index contributed by atoms with van der Waals surface area (Å²) in [5.74, 6) is 0.378. The van der Waals surface area contributed by atoms with Crippen molar-refractivity contribution >= 4 is 17.6 Å². The number of anilines is 1. The average Bonchev–Trinajstić information content (AvgIpc) is 2.60. The molecule has 25 heavy (non-hydrogen) atoms. The molecule has 0 saturated heterocycles. The first-order valence-corrected chi connectivity index (χ1v) is 8.36. The van der Waals surface area contributed by atoms with Crippen molar-refractivity contribution in [3.05, 3.63) is 59.3 Å². The Hall–Kier alpha value is -2.89. The van der Waals surface area contributed by atoms with Crippen LogP contribution in [0, 0.1) is 0 Å². The lowest BCUT2D eigenvalue weighted by molar-refractivity contribution is -0.119. The molecule has 0 aliphatic carbocycles. The summed E-state index contributed by atoms with van der Waals surface area (Å²) in [6.45, 7) is 2.58. The van der Waals surface area contributed by atoms with E-state index in [0.717, 1.165) is 30.4 Å². The molecule has 6 heteroatoms. The third kappa shape index (κ3) is 6.63. The molecule has 0 radical (unpaired) electrons. The third-order valence-corrected chi connectivity index (χ3v) is 3.78. The second kappa shape index (κ2) is 9.42. The monoisotopic (exact) mass is 340 g/mol. The highest BCUT2D eigenvalue weighted by Gasteiger charge is 2.05. The van der Waals surface area contributed by atoms with Crippen LogP contribution in [-0.2, 0) is 17.8 Å². The minimum absolute atomic E-state index is 0.0729. The number of hydrogen-bond acceptors (Lipinski definition) is 4. The minimum Gasteiger partial charge on any atom is -0.384 e. The maximum atomic E-state index is 12.1. The summed E-state index contributed by atoms with van der Waals surface area (Å²) in [5.41, 5.74) is 8.39. The predicted octanol–water partition coefficient (Wildman–Crippen LogP) is 2.05. The Morgan fingerprint density at radius 2 is 1.80 bits per heavy atom. The van der Waals surface area contributed by atoms with Crippen molar-refractivity contribution in [2.24, 2.45) is 0 Å². The van der Waals surface area contributed by atoms with Crippen molar-refractivity contribution in [1.82, 2.24) is 15.6 Å². The molecule has 0 aliphatic rings. The van der Waals surface area contributed by atoms with Crippen molar-refractivity contribution in [3.8, 4) is 0 Å². The van der Waals surface area contributed by atoms with Gasteiger partial charge in [-0.05, 0) is 54.7 Å². The molecule has 1 aromatic carbocycles. The first kappa shape index (κ1) is 18.4. The number of pyridine rings is 1. The van der Waals surface area contributed by atoms with Crippen LogP contribution in [0.2, 0.25) is 0 Å². The van der Waals surface area contributed by atoms with Gasteiger partial charge in [0.25, 0.3) is 5.91 Å². The Labute approximate surface area is 147 Å². The molecule has 1 heterocycles. The Balaban J connectivity index is 1.68. The van der Waals surface area contributed by atoms with Crippen LogP contribution in [0.15, 0.2) is 42.6 Å². The van der Waals surface area contributed by atoms with Gasteiger partial charge in [-0.1, -0.05) is 12.1 Å². The van der Waals surface area contributed by atoms with E-state index in [9.17, 15) is 9.59 Å². The maximum absolute atomic E-state index is 12.1. The number of benzene rings is 1. The van der Waals surface area contributed by atoms with Crippen LogP contribution < -0.4 is 16.4 Å². The quantitative estimate of drug-likeness (QED) is 0.641. The Morgan fingerprint density at radius 3 is 2.48 bits per heavy atom. The van der Waals surface area contributed by atoms with Crippen molar-refractivity contribution in [3.63, 3.8) is 0 Å². The molecule has 2 aromatic rings. The minimum atomic E-state index is -0.0840. The van der Waals surface area contributed by atoms with Crippen molar-refractivity contribution in [2.75, 3.05) is 12.3 Å². The van der Waals surface area contributed by atoms with E-state index in [4.69, 9.17) is 5.73 Å². The van der Waals surface area contributed by atoms with Gasteiger partial charge in [0.15, 0.2) is 0 Å². The zero-order chi connectivity index (χ0) is 18.1. The van der Waals surface area contributed by atoms with E-state index >= 15 is 0 Å². The first-order chi connectivity index (χ1) is 12.0. The molecule has 0 saturated carbocycles. The number of rotatable bonds is 8. The third-order valence-electron chi connectivity index (χ3n) is 3.78. The van der Waals surface area contributed by atoms with Crippen molar-refractivity contribution in [1.29, 1.82) is 0 Å². The van der Waals surface area contributed by atoms with Gasteiger partial charge >= 0.3 is 0 Å². The number of carbonyl (C=O) groups excluding carboxylic acids is 2. The van der Waals surface area contributed by atoms with E-state index in [1.165, 1.54) is 6.92 Å². The van der Waals surface area contributed by atoms with Crippen LogP contribution in [-0.4, -0.2) is 23.3 Å². The molecule has 0 aliphatic heterocycles. The topological polar surface area (TPSA) is 97.1 Å². The fourth-order valence-electron chi connectivity index (χ4n) is 2.41. The number of nitrogens with two attached hydrogens (primary N) is 1. The van der Waals surface area contributed by atoms with Crippen molar-refractivity contribution < 1.29 is 9.59 Å². The number of nitrogens with one attached hydrogen (secondary N) is 2. The van der Waals surface area contributed by atoms with Gasteiger partial charge in [0.2, 0.25) is 5.91 Å². The molecule has 0 spiro atoms. The van der Waals surface area contributed by atoms with Gasteiger partial charge in [-0.25, -0.2) is 4.98 Å². The zero-order valence-corrected chi connectivity index (χ0v) is 14.4. The lowest BCUT2D eigenvalue weighted by Gasteiger charge is -2.07. The number of amides is 2. The number of aromatic nitrogens is 1. The Kier molecular flexibility index (Phi) is 6.95. The Morgan fingerprint density at radius 1 is 1.04 bits per heavy atom. The lowest BCUT2D eigenvalue weighted by atomic mass is 10.1. The number of aryl methyl sites for hydroxylation is 1. The number of carbonyl (C=O) groups is 2. The fourth-order valence-corrected chi connectivity index (χ4v) is 2.41. The normalized spacial score (nSPS) is 10.3. The van der Waals surface area contributed by atoms with Gasteiger partial charge in [0, 0.05) is 31.8 Å². The largest absolute Gasteiger partial charge is 0.384 e. The summed E-state index contributed by atoms with van der Waals surface area (Å²) in [6, 6.07) is 11.1. The molecule has 0 unspecified atom stereocenters. The van der Waals surface area contributed by atoms with Gasteiger partial charge in [-0.15, -0.1) is 0 Å². The molecule has 2 amide bonds. The fraction of sp³-hybridized carbons (Fsp3) is 0.316. The van der Waals surface area contributed by atoms with Crippen LogP contribution in [0.3, 0.4) is 0 Å². The van der Waals surface area contributed by atoms with Gasteiger partial charge in [-0.2, -0.15) is 0 Å². The van der Waals surface area contributed by atoms with E-state index in [2.05, 4.69) is 15.6 Å². The second-order valence-electron chi connectivity index (χ2n) is 5.91. The zero-order valence-electron chi connectivity index (χ0n) is 14.4. The van der Waals surface area contributed by atoms with Crippen molar-refractivity contribution in [2.45, 2.75) is 32.7 Å². The molecular formula is C19H24N4O2. The van der Waals surface area contributed by atoms with E-state index < -0.39 is 0 Å². The van der Waals surface area contributed by atoms with Gasteiger partial charge in [0.1, 0.15) is 5.82 Å². The molecule has 6 nitrogen and oxygen atoms in total. The molecule has 2 rings (SSSR count). The van der Waals surface area contributed by atoms with Gasteiger partial charge < -0.3 is 16.4 Å². The predicted molar refractivity (Wildman–Crippen MR) is 97.9 cm³/mol. The second-order valence-corrected chi connectivity index (χ2v) is 5.91. The maximum Gasteiger partial charge on any atom is 0.251 e. The van der Waals surface area contributed by atoms with Crippen LogP contribution in [0.5, 0.6) is 0 Å². The highest BCUT2D eigenvalue weighted by atomic mass is 16.2. The van der Waals surface area contributed by atoms with Crippen LogP contribution in [0.1, 0.15) is 41.3 Å². The molecule has 0 atom stereocenters. The standard InChI is InChI=1S/C19H24N4O2/c1-14(24)23-13-16-5-7-17(8-6-16)19(25)22-10-3-2-4-15-9-11-21-18(20)12-15/h5-9,11-12H,2-4,10,13H2,1H3,(H2,20,21)(H,22,25)(H,23,24). The number of nitrogens with zero attached hydrogens (tertiary/aromatic N) is 1. The average molecular weight is 340 g/mol. The highest BCUT2D eigenvalue weighted by Crippen LogP contribution is 2.07. The summed E-state index contributed by atoms with van der Waals surface area (Å²) in [5, 5.41) is 5.65. The van der Waals surface area contributed by atoms with E-state index in [0.29, 0.717) is 24.5 Å². The van der Waals surface area contributed by atoms with E-state index in [1.54, 1.807) is 18.3 Å². The van der Waals surface area contributed by atoms with Gasteiger partial charge in [0.05, 0.1) is 0 Å². The molecule has 0 bridgehead atoms. The van der Waals surface area contributed by atoms with E-state index in [1.807, 2.05) is 24.3 Å². The number of hydrogen-bond donors (Lipinski definition) is 3. The Bertz CT molecular complexity index is 714. The summed E-state index contributed by atoms with van der Waals surface area (Å²) < 4.78 is 0. The van der Waals surface area contributed by atoms with Crippen LogP contribution >= 0.6 is 0 Å². The molecule has 132 valence electrons. The molecule has 0 fully saturated rings. The lowest BCUT2D eigenvalue weighted by Crippen LogP contribution is -2.24. The summed E-state index contributed by atoms with van der Waals surface area (Å²) in [7, 11) is 0. The molecular weight excluding hydrogens is 316 g/mol. The summed E-state index contributed by atoms with van der Waals surface area (Å²) >= 11 is 0. The molecule has 1 aromatic heterocycles. The number of unbranched alkanes of at least 4 members (excludes halogenated alkanes) is 1. The summed E-state index contributed by atoms with van der Waals surface area (Å²) in [6.07, 6.45) is 4.50. The SMILES string of the molecule is CC(=O)NCc1ccc(C(=O)NCCCCc2ccnc(N)c2)cc1. The summed E-state index contributed by atoms with van der Waals surface area (Å²) in [4.78, 5) is 26.9. The first-order valence-electron chi connectivity index (χ1n) is 8.36. The smallest absolute Gasteiger partial charge is 0.251 e. The van der Waals surface area contributed by atoms with Gasteiger partial charge in [-0.3, -0.25) is 9.59 Å². The number of nitrogen functional groups attached to an aromatic ring is 1. The van der Waals surface area contributed by atoms with Crippen LogP contribution in [0.25, 0.3) is 0 Å². The van der Waals surface area contributed by atoms with Crippen LogP contribution in [0.4, 0.5) is 5.82 Å².